The average Bonchev–Trinajstić information content (AvgIpc) is 3.43. The number of aromatic nitrogens is 1. The Balaban J connectivity index is 1.31. The van der Waals surface area contributed by atoms with E-state index in [1.54, 1.807) is 0 Å². The zero-order chi connectivity index (χ0) is 22.5. The maximum Gasteiger partial charge on any atom is 0.231 e. The SMILES string of the molecule is Ic1cccc(-c2cc(N(CCCN3CCCCCC3)Cc3ccc4c(c3)OCO4)on2)c1. The standard InChI is InChI=1S/C26H30IN3O3/c27-22-8-5-7-21(16-22)23-17-26(33-28-23)30(14-6-13-29-11-3-1-2-4-12-29)18-20-9-10-24-25(15-20)32-19-31-24/h5,7-10,15-17H,1-4,6,11-14,18-19H2. The molecule has 174 valence electrons. The molecule has 3 aromatic rings. The first-order chi connectivity index (χ1) is 16.2. The molecule has 3 heterocycles. The van der Waals surface area contributed by atoms with Crippen LogP contribution in [-0.4, -0.2) is 43.0 Å². The van der Waals surface area contributed by atoms with E-state index in [4.69, 9.17) is 14.0 Å². The average molecular weight is 559 g/mol. The Morgan fingerprint density at radius 2 is 1.79 bits per heavy atom. The number of benzene rings is 2. The van der Waals surface area contributed by atoms with Crippen molar-refractivity contribution >= 4 is 28.5 Å². The molecule has 6 nitrogen and oxygen atoms in total. The number of likely N-dealkylation sites (tertiary alicyclic amines) is 1. The highest BCUT2D eigenvalue weighted by Crippen LogP contribution is 2.34. The minimum Gasteiger partial charge on any atom is -0.454 e. The summed E-state index contributed by atoms with van der Waals surface area (Å²) >= 11 is 2.33. The van der Waals surface area contributed by atoms with Crippen LogP contribution in [0, 0.1) is 3.57 Å². The van der Waals surface area contributed by atoms with E-state index in [1.807, 2.05) is 6.07 Å². The molecule has 0 bridgehead atoms. The molecule has 1 saturated heterocycles. The second kappa shape index (κ2) is 10.8. The fourth-order valence-corrected chi connectivity index (χ4v) is 5.11. The largest absolute Gasteiger partial charge is 0.454 e. The zero-order valence-electron chi connectivity index (χ0n) is 18.8. The fraction of sp³-hybridized carbons (Fsp3) is 0.423. The Morgan fingerprint density at radius 3 is 2.64 bits per heavy atom. The van der Waals surface area contributed by atoms with E-state index < -0.39 is 0 Å². The van der Waals surface area contributed by atoms with Crippen LogP contribution in [0.2, 0.25) is 0 Å². The van der Waals surface area contributed by atoms with Crippen LogP contribution < -0.4 is 14.4 Å². The van der Waals surface area contributed by atoms with Crippen molar-refractivity contribution in [3.8, 4) is 22.8 Å². The van der Waals surface area contributed by atoms with Gasteiger partial charge in [0.25, 0.3) is 0 Å². The van der Waals surface area contributed by atoms with E-state index in [1.165, 1.54) is 47.9 Å². The van der Waals surface area contributed by atoms with Crippen molar-refractivity contribution in [2.75, 3.05) is 37.9 Å². The van der Waals surface area contributed by atoms with Gasteiger partial charge in [0.2, 0.25) is 12.7 Å². The summed E-state index contributed by atoms with van der Waals surface area (Å²) in [7, 11) is 0. The van der Waals surface area contributed by atoms with Crippen LogP contribution >= 0.6 is 22.6 Å². The normalized spacial score (nSPS) is 16.0. The molecular formula is C26H30IN3O3. The van der Waals surface area contributed by atoms with Gasteiger partial charge in [-0.05, 0) is 91.3 Å². The number of anilines is 1. The molecule has 0 amide bonds. The fourth-order valence-electron chi connectivity index (χ4n) is 4.57. The van der Waals surface area contributed by atoms with Crippen molar-refractivity contribution in [3.05, 3.63) is 57.7 Å². The number of hydrogen-bond acceptors (Lipinski definition) is 6. The van der Waals surface area contributed by atoms with Gasteiger partial charge in [0.05, 0.1) is 0 Å². The van der Waals surface area contributed by atoms with Gasteiger partial charge in [0.15, 0.2) is 11.5 Å². The molecule has 0 aliphatic carbocycles. The van der Waals surface area contributed by atoms with E-state index >= 15 is 0 Å². The van der Waals surface area contributed by atoms with Gasteiger partial charge < -0.3 is 23.8 Å². The van der Waals surface area contributed by atoms with E-state index in [0.717, 1.165) is 54.7 Å². The lowest BCUT2D eigenvalue weighted by atomic mass is 10.1. The van der Waals surface area contributed by atoms with Gasteiger partial charge in [-0.1, -0.05) is 36.2 Å². The molecule has 7 heteroatoms. The third kappa shape index (κ3) is 5.81. The summed E-state index contributed by atoms with van der Waals surface area (Å²) in [5.41, 5.74) is 3.11. The number of halogens is 1. The molecule has 5 rings (SSSR count). The highest BCUT2D eigenvalue weighted by atomic mass is 127. The first-order valence-electron chi connectivity index (χ1n) is 11.8. The molecule has 0 saturated carbocycles. The van der Waals surface area contributed by atoms with Crippen LogP contribution in [0.5, 0.6) is 11.5 Å². The molecule has 2 aliphatic rings. The quantitative estimate of drug-likeness (QED) is 0.318. The molecule has 0 spiro atoms. The minimum atomic E-state index is 0.291. The molecule has 0 unspecified atom stereocenters. The molecule has 33 heavy (non-hydrogen) atoms. The van der Waals surface area contributed by atoms with Crippen molar-refractivity contribution in [3.63, 3.8) is 0 Å². The molecule has 2 aliphatic heterocycles. The van der Waals surface area contributed by atoms with Gasteiger partial charge in [-0.15, -0.1) is 0 Å². The lowest BCUT2D eigenvalue weighted by molar-refractivity contribution is 0.174. The van der Waals surface area contributed by atoms with Gasteiger partial charge in [-0.2, -0.15) is 0 Å². The summed E-state index contributed by atoms with van der Waals surface area (Å²) in [4.78, 5) is 4.91. The summed E-state index contributed by atoms with van der Waals surface area (Å²) in [6.07, 6.45) is 6.46. The van der Waals surface area contributed by atoms with Crippen molar-refractivity contribution in [1.82, 2.24) is 10.1 Å². The summed E-state index contributed by atoms with van der Waals surface area (Å²) in [5.74, 6) is 2.43. The van der Waals surface area contributed by atoms with Crippen molar-refractivity contribution in [2.45, 2.75) is 38.6 Å². The Kier molecular flexibility index (Phi) is 7.36. The predicted octanol–water partition coefficient (Wildman–Crippen LogP) is 5.95. The maximum absolute atomic E-state index is 5.85. The van der Waals surface area contributed by atoms with Crippen LogP contribution in [0.1, 0.15) is 37.7 Å². The Morgan fingerprint density at radius 1 is 0.939 bits per heavy atom. The van der Waals surface area contributed by atoms with Gasteiger partial charge >= 0.3 is 0 Å². The third-order valence-electron chi connectivity index (χ3n) is 6.34. The smallest absolute Gasteiger partial charge is 0.231 e. The number of fused-ring (bicyclic) bond motifs is 1. The number of nitrogens with zero attached hydrogens (tertiary/aromatic N) is 3. The molecule has 1 fully saturated rings. The van der Waals surface area contributed by atoms with Crippen molar-refractivity contribution < 1.29 is 14.0 Å². The van der Waals surface area contributed by atoms with Crippen LogP contribution in [-0.2, 0) is 6.54 Å². The molecule has 0 atom stereocenters. The zero-order valence-corrected chi connectivity index (χ0v) is 21.0. The van der Waals surface area contributed by atoms with Gasteiger partial charge in [0.1, 0.15) is 5.69 Å². The third-order valence-corrected chi connectivity index (χ3v) is 7.01. The summed E-state index contributed by atoms with van der Waals surface area (Å²) in [6.45, 7) is 5.50. The van der Waals surface area contributed by atoms with E-state index in [2.05, 4.69) is 80.0 Å². The Hall–Kier alpha value is -2.26. The van der Waals surface area contributed by atoms with Crippen LogP contribution in [0.4, 0.5) is 5.88 Å². The number of ether oxygens (including phenoxy) is 2. The van der Waals surface area contributed by atoms with Crippen LogP contribution in [0.3, 0.4) is 0 Å². The van der Waals surface area contributed by atoms with Crippen LogP contribution in [0.15, 0.2) is 53.1 Å². The lowest BCUT2D eigenvalue weighted by Gasteiger charge is -2.24. The minimum absolute atomic E-state index is 0.291. The molecule has 1 aromatic heterocycles. The molecule has 0 N–H and O–H groups in total. The number of hydrogen-bond donors (Lipinski definition) is 0. The predicted molar refractivity (Wildman–Crippen MR) is 138 cm³/mol. The second-order valence-electron chi connectivity index (χ2n) is 8.78. The molecule has 0 radical (unpaired) electrons. The topological polar surface area (TPSA) is 51.0 Å². The number of rotatable bonds is 8. The first kappa shape index (κ1) is 22.5. The van der Waals surface area contributed by atoms with Gasteiger partial charge in [-0.3, -0.25) is 0 Å². The monoisotopic (exact) mass is 559 g/mol. The second-order valence-corrected chi connectivity index (χ2v) is 10.0. The Bertz CT molecular complexity index is 1060. The van der Waals surface area contributed by atoms with E-state index in [9.17, 15) is 0 Å². The highest BCUT2D eigenvalue weighted by molar-refractivity contribution is 14.1. The summed E-state index contributed by atoms with van der Waals surface area (Å²) in [5, 5.41) is 4.38. The summed E-state index contributed by atoms with van der Waals surface area (Å²) in [6, 6.07) is 16.6. The highest BCUT2D eigenvalue weighted by Gasteiger charge is 2.18. The van der Waals surface area contributed by atoms with E-state index in [-0.39, 0.29) is 0 Å². The first-order valence-corrected chi connectivity index (χ1v) is 12.9. The molecule has 2 aromatic carbocycles. The van der Waals surface area contributed by atoms with Crippen molar-refractivity contribution in [2.24, 2.45) is 0 Å². The van der Waals surface area contributed by atoms with E-state index in [0.29, 0.717) is 6.79 Å². The van der Waals surface area contributed by atoms with Crippen molar-refractivity contribution in [1.29, 1.82) is 0 Å². The maximum atomic E-state index is 5.85. The van der Waals surface area contributed by atoms with Gasteiger partial charge in [0, 0.05) is 28.3 Å². The summed E-state index contributed by atoms with van der Waals surface area (Å²) < 4.78 is 18.1. The molecular weight excluding hydrogens is 529 g/mol. The van der Waals surface area contributed by atoms with Crippen LogP contribution in [0.25, 0.3) is 11.3 Å². The Labute approximate surface area is 209 Å². The van der Waals surface area contributed by atoms with Gasteiger partial charge in [-0.25, -0.2) is 0 Å². The lowest BCUT2D eigenvalue weighted by Crippen LogP contribution is -2.30.